The van der Waals surface area contributed by atoms with Gasteiger partial charge in [0, 0.05) is 11.7 Å². The Bertz CT molecular complexity index is 336. The van der Waals surface area contributed by atoms with Crippen LogP contribution in [0, 0.1) is 0 Å². The number of benzene rings is 1. The smallest absolute Gasteiger partial charge is 0.138 e. The number of halogens is 1. The topological polar surface area (TPSA) is 21.3 Å². The molecular formula is C12H16ClNO. The van der Waals surface area contributed by atoms with Crippen molar-refractivity contribution >= 4 is 17.3 Å². The highest BCUT2D eigenvalue weighted by Crippen LogP contribution is 2.30. The molecule has 0 unspecified atom stereocenters. The zero-order valence-corrected chi connectivity index (χ0v) is 9.68. The molecule has 0 aromatic heterocycles. The van der Waals surface area contributed by atoms with Crippen LogP contribution in [0.2, 0.25) is 5.02 Å². The van der Waals surface area contributed by atoms with E-state index in [4.69, 9.17) is 16.3 Å². The van der Waals surface area contributed by atoms with Crippen LogP contribution in [0.3, 0.4) is 0 Å². The van der Waals surface area contributed by atoms with Gasteiger partial charge in [0.2, 0.25) is 0 Å². The molecule has 0 spiro atoms. The lowest BCUT2D eigenvalue weighted by Gasteiger charge is -2.27. The Kier molecular flexibility index (Phi) is 3.37. The van der Waals surface area contributed by atoms with Gasteiger partial charge in [-0.15, -0.1) is 0 Å². The Morgan fingerprint density at radius 3 is 2.80 bits per heavy atom. The van der Waals surface area contributed by atoms with Crippen LogP contribution in [-0.4, -0.2) is 12.6 Å². The van der Waals surface area contributed by atoms with Crippen molar-refractivity contribution in [3.63, 3.8) is 0 Å². The van der Waals surface area contributed by atoms with Gasteiger partial charge in [0.25, 0.3) is 0 Å². The predicted molar refractivity (Wildman–Crippen MR) is 63.9 cm³/mol. The molecule has 82 valence electrons. The maximum Gasteiger partial charge on any atom is 0.138 e. The zero-order chi connectivity index (χ0) is 10.7. The minimum atomic E-state index is 0.638. The molecule has 1 fully saturated rings. The maximum atomic E-state index is 6.09. The Morgan fingerprint density at radius 1 is 1.47 bits per heavy atom. The minimum Gasteiger partial charge on any atom is -0.492 e. The molecule has 0 amide bonds. The van der Waals surface area contributed by atoms with E-state index in [-0.39, 0.29) is 0 Å². The maximum absolute atomic E-state index is 6.09. The highest BCUT2D eigenvalue weighted by molar-refractivity contribution is 6.32. The molecule has 0 bridgehead atoms. The summed E-state index contributed by atoms with van der Waals surface area (Å²) in [6.07, 6.45) is 3.87. The first-order chi connectivity index (χ1) is 7.29. The monoisotopic (exact) mass is 225 g/mol. The molecule has 0 aliphatic heterocycles. The second-order valence-electron chi connectivity index (χ2n) is 3.85. The van der Waals surface area contributed by atoms with Crippen LogP contribution in [0.15, 0.2) is 18.2 Å². The molecule has 1 aromatic rings. The molecular weight excluding hydrogens is 210 g/mol. The van der Waals surface area contributed by atoms with Crippen molar-refractivity contribution in [3.05, 3.63) is 23.2 Å². The van der Waals surface area contributed by atoms with E-state index in [1.54, 1.807) is 0 Å². The van der Waals surface area contributed by atoms with Gasteiger partial charge in [0.1, 0.15) is 5.75 Å². The summed E-state index contributed by atoms with van der Waals surface area (Å²) in [5.41, 5.74) is 1.09. The van der Waals surface area contributed by atoms with Crippen molar-refractivity contribution in [2.45, 2.75) is 32.2 Å². The molecule has 1 aliphatic rings. The Hall–Kier alpha value is -0.890. The summed E-state index contributed by atoms with van der Waals surface area (Å²) in [5.74, 6) is 0.762. The fourth-order valence-corrected chi connectivity index (χ4v) is 1.89. The minimum absolute atomic E-state index is 0.638. The third-order valence-corrected chi connectivity index (χ3v) is 3.00. The van der Waals surface area contributed by atoms with Crippen LogP contribution in [0.1, 0.15) is 26.2 Å². The van der Waals surface area contributed by atoms with Gasteiger partial charge in [0.15, 0.2) is 0 Å². The number of hydrogen-bond acceptors (Lipinski definition) is 2. The van der Waals surface area contributed by atoms with Gasteiger partial charge in [-0.05, 0) is 44.4 Å². The first-order valence-electron chi connectivity index (χ1n) is 5.48. The molecule has 2 rings (SSSR count). The Labute approximate surface area is 95.6 Å². The summed E-state index contributed by atoms with van der Waals surface area (Å²) >= 11 is 6.09. The molecule has 3 heteroatoms. The van der Waals surface area contributed by atoms with Crippen LogP contribution < -0.4 is 10.1 Å². The average Bonchev–Trinajstić information content (AvgIpc) is 2.16. The SMILES string of the molecule is CCOc1ccc(NC2CCC2)cc1Cl. The van der Waals surface area contributed by atoms with Crippen molar-refractivity contribution in [1.29, 1.82) is 0 Å². The van der Waals surface area contributed by atoms with Gasteiger partial charge >= 0.3 is 0 Å². The standard InChI is InChI=1S/C12H16ClNO/c1-2-15-12-7-6-10(8-11(12)13)14-9-4-3-5-9/h6-9,14H,2-5H2,1H3. The fourth-order valence-electron chi connectivity index (χ4n) is 1.65. The average molecular weight is 226 g/mol. The van der Waals surface area contributed by atoms with Crippen LogP contribution in [0.4, 0.5) is 5.69 Å². The van der Waals surface area contributed by atoms with Crippen LogP contribution in [0.25, 0.3) is 0 Å². The van der Waals surface area contributed by atoms with E-state index in [9.17, 15) is 0 Å². The van der Waals surface area contributed by atoms with E-state index in [1.807, 2.05) is 25.1 Å². The molecule has 0 radical (unpaired) electrons. The van der Waals surface area contributed by atoms with Gasteiger partial charge in [-0.1, -0.05) is 11.6 Å². The van der Waals surface area contributed by atoms with E-state index in [2.05, 4.69) is 5.32 Å². The highest BCUT2D eigenvalue weighted by atomic mass is 35.5. The molecule has 0 atom stereocenters. The lowest BCUT2D eigenvalue weighted by Crippen LogP contribution is -2.26. The van der Waals surface area contributed by atoms with Crippen molar-refractivity contribution < 1.29 is 4.74 Å². The normalized spacial score (nSPS) is 15.9. The van der Waals surface area contributed by atoms with Crippen LogP contribution in [-0.2, 0) is 0 Å². The van der Waals surface area contributed by atoms with Crippen LogP contribution in [0.5, 0.6) is 5.75 Å². The largest absolute Gasteiger partial charge is 0.492 e. The van der Waals surface area contributed by atoms with Crippen molar-refractivity contribution in [2.75, 3.05) is 11.9 Å². The van der Waals surface area contributed by atoms with E-state index in [0.29, 0.717) is 17.7 Å². The van der Waals surface area contributed by atoms with E-state index in [0.717, 1.165) is 11.4 Å². The molecule has 15 heavy (non-hydrogen) atoms. The second-order valence-corrected chi connectivity index (χ2v) is 4.26. The summed E-state index contributed by atoms with van der Waals surface area (Å²) in [7, 11) is 0. The number of anilines is 1. The van der Waals surface area contributed by atoms with Gasteiger partial charge in [-0.25, -0.2) is 0 Å². The predicted octanol–water partition coefficient (Wildman–Crippen LogP) is 3.70. The molecule has 0 saturated heterocycles. The molecule has 2 nitrogen and oxygen atoms in total. The lowest BCUT2D eigenvalue weighted by molar-refractivity contribution is 0.340. The summed E-state index contributed by atoms with van der Waals surface area (Å²) in [6.45, 7) is 2.60. The van der Waals surface area contributed by atoms with E-state index < -0.39 is 0 Å². The number of hydrogen-bond donors (Lipinski definition) is 1. The zero-order valence-electron chi connectivity index (χ0n) is 8.92. The van der Waals surface area contributed by atoms with Gasteiger partial charge in [-0.2, -0.15) is 0 Å². The highest BCUT2D eigenvalue weighted by Gasteiger charge is 2.17. The Morgan fingerprint density at radius 2 is 2.27 bits per heavy atom. The van der Waals surface area contributed by atoms with Crippen LogP contribution >= 0.6 is 11.6 Å². The summed E-state index contributed by atoms with van der Waals surface area (Å²) in [4.78, 5) is 0. The molecule has 1 N–H and O–H groups in total. The fraction of sp³-hybridized carbons (Fsp3) is 0.500. The molecule has 1 aliphatic carbocycles. The molecule has 0 heterocycles. The van der Waals surface area contributed by atoms with Gasteiger partial charge in [-0.3, -0.25) is 0 Å². The van der Waals surface area contributed by atoms with E-state index >= 15 is 0 Å². The lowest BCUT2D eigenvalue weighted by atomic mass is 9.93. The first-order valence-corrected chi connectivity index (χ1v) is 5.86. The van der Waals surface area contributed by atoms with Gasteiger partial charge < -0.3 is 10.1 Å². The Balaban J connectivity index is 2.03. The quantitative estimate of drug-likeness (QED) is 0.844. The van der Waals surface area contributed by atoms with Crippen molar-refractivity contribution in [1.82, 2.24) is 0 Å². The third kappa shape index (κ3) is 2.57. The van der Waals surface area contributed by atoms with Gasteiger partial charge in [0.05, 0.1) is 11.6 Å². The molecule has 1 aromatic carbocycles. The van der Waals surface area contributed by atoms with Crippen molar-refractivity contribution in [3.8, 4) is 5.75 Å². The number of nitrogens with one attached hydrogen (secondary N) is 1. The first kappa shape index (κ1) is 10.6. The van der Waals surface area contributed by atoms with Crippen molar-refractivity contribution in [2.24, 2.45) is 0 Å². The summed E-state index contributed by atoms with van der Waals surface area (Å²) < 4.78 is 5.38. The second kappa shape index (κ2) is 4.75. The summed E-state index contributed by atoms with van der Waals surface area (Å²) in [6, 6.07) is 6.52. The number of ether oxygens (including phenoxy) is 1. The van der Waals surface area contributed by atoms with E-state index in [1.165, 1.54) is 19.3 Å². The molecule has 1 saturated carbocycles. The summed E-state index contributed by atoms with van der Waals surface area (Å²) in [5, 5.41) is 4.13. The number of rotatable bonds is 4. The third-order valence-electron chi connectivity index (χ3n) is 2.71.